The number of hydrogen-bond donors (Lipinski definition) is 1. The minimum Gasteiger partial charge on any atom is -0.345 e. The van der Waals surface area contributed by atoms with Crippen LogP contribution < -0.4 is 5.32 Å². The van der Waals surface area contributed by atoms with Gasteiger partial charge in [0.15, 0.2) is 0 Å². The zero-order valence-corrected chi connectivity index (χ0v) is 13.5. The van der Waals surface area contributed by atoms with Crippen molar-refractivity contribution in [2.75, 3.05) is 0 Å². The second kappa shape index (κ2) is 6.23. The lowest BCUT2D eigenvalue weighted by Crippen LogP contribution is -2.31. The Kier molecular flexibility index (Phi) is 3.92. The molecule has 124 valence electrons. The van der Waals surface area contributed by atoms with Crippen molar-refractivity contribution >= 4 is 5.91 Å². The Morgan fingerprint density at radius 2 is 2.12 bits per heavy atom. The van der Waals surface area contributed by atoms with Gasteiger partial charge in [-0.15, -0.1) is 0 Å². The van der Waals surface area contributed by atoms with Crippen molar-refractivity contribution in [2.24, 2.45) is 0 Å². The second-order valence-corrected chi connectivity index (χ2v) is 6.45. The topological polar surface area (TPSA) is 46.9 Å². The minimum absolute atomic E-state index is 0.0315. The van der Waals surface area contributed by atoms with Crippen molar-refractivity contribution in [3.8, 4) is 5.69 Å². The molecule has 1 aromatic carbocycles. The summed E-state index contributed by atoms with van der Waals surface area (Å²) in [6.07, 6.45) is 9.41. The van der Waals surface area contributed by atoms with Gasteiger partial charge in [-0.1, -0.05) is 18.2 Å². The quantitative estimate of drug-likeness (QED) is 0.937. The maximum absolute atomic E-state index is 14.1. The van der Waals surface area contributed by atoms with Crippen LogP contribution in [0.5, 0.6) is 0 Å². The number of amides is 1. The lowest BCUT2D eigenvalue weighted by molar-refractivity contribution is -0.118. The average molecular weight is 325 g/mol. The van der Waals surface area contributed by atoms with Gasteiger partial charge in [0.05, 0.1) is 12.2 Å². The van der Waals surface area contributed by atoms with Crippen molar-refractivity contribution in [2.45, 2.75) is 44.6 Å². The summed E-state index contributed by atoms with van der Waals surface area (Å²) in [5.41, 5.74) is 3.36. The van der Waals surface area contributed by atoms with Gasteiger partial charge in [0.1, 0.15) is 11.5 Å². The molecule has 24 heavy (non-hydrogen) atoms. The number of benzene rings is 1. The minimum atomic E-state index is -0.286. The first kappa shape index (κ1) is 15.1. The van der Waals surface area contributed by atoms with E-state index in [2.05, 4.69) is 10.4 Å². The smallest absolute Gasteiger partial charge is 0.247 e. The zero-order chi connectivity index (χ0) is 16.5. The number of aromatic nitrogens is 2. The Balaban J connectivity index is 1.62. The van der Waals surface area contributed by atoms with E-state index in [-0.39, 0.29) is 17.8 Å². The van der Waals surface area contributed by atoms with Gasteiger partial charge in [-0.2, -0.15) is 5.10 Å². The van der Waals surface area contributed by atoms with Gasteiger partial charge in [-0.25, -0.2) is 9.07 Å². The molecule has 4 rings (SSSR count). The number of rotatable bonds is 3. The number of allylic oxidation sites excluding steroid dienone is 1. The molecule has 2 aliphatic carbocycles. The van der Waals surface area contributed by atoms with Gasteiger partial charge in [0, 0.05) is 16.8 Å². The predicted molar refractivity (Wildman–Crippen MR) is 89.3 cm³/mol. The fourth-order valence-electron chi connectivity index (χ4n) is 3.67. The molecule has 2 aliphatic rings. The van der Waals surface area contributed by atoms with Crippen LogP contribution in [0.4, 0.5) is 4.39 Å². The van der Waals surface area contributed by atoms with Crippen LogP contribution in [0.2, 0.25) is 0 Å². The molecule has 0 bridgehead atoms. The molecule has 0 fully saturated rings. The molecule has 4 nitrogen and oxygen atoms in total. The standard InChI is InChI=1S/C19H20FN3O/c20-15-8-3-4-10-18(15)23-17-11-5-9-16(14(17)12-21-23)22-19(24)13-6-1-2-7-13/h3-4,6,8,10,12,16H,1-2,5,7,9,11H2,(H,22,24). The molecule has 1 unspecified atom stereocenters. The second-order valence-electron chi connectivity index (χ2n) is 6.45. The summed E-state index contributed by atoms with van der Waals surface area (Å²) >= 11 is 0. The highest BCUT2D eigenvalue weighted by Crippen LogP contribution is 2.32. The van der Waals surface area contributed by atoms with E-state index in [1.165, 1.54) is 6.07 Å². The fraction of sp³-hybridized carbons (Fsp3) is 0.368. The van der Waals surface area contributed by atoms with Crippen molar-refractivity contribution < 1.29 is 9.18 Å². The summed E-state index contributed by atoms with van der Waals surface area (Å²) in [4.78, 5) is 12.4. The number of nitrogens with one attached hydrogen (secondary N) is 1. The molecule has 5 heteroatoms. The zero-order valence-electron chi connectivity index (χ0n) is 13.5. The van der Waals surface area contributed by atoms with Crippen LogP contribution in [0.3, 0.4) is 0 Å². The third-order valence-electron chi connectivity index (χ3n) is 4.90. The Morgan fingerprint density at radius 1 is 1.25 bits per heavy atom. The van der Waals surface area contributed by atoms with Crippen molar-refractivity contribution in [1.82, 2.24) is 15.1 Å². The monoisotopic (exact) mass is 325 g/mol. The number of nitrogens with zero attached hydrogens (tertiary/aromatic N) is 2. The summed E-state index contributed by atoms with van der Waals surface area (Å²) in [5, 5.41) is 7.54. The van der Waals surface area contributed by atoms with Crippen molar-refractivity contribution in [3.63, 3.8) is 0 Å². The maximum atomic E-state index is 14.1. The van der Waals surface area contributed by atoms with E-state index in [9.17, 15) is 9.18 Å². The van der Waals surface area contributed by atoms with Crippen LogP contribution in [0.1, 0.15) is 49.4 Å². The molecule has 1 atom stereocenters. The first-order valence-electron chi connectivity index (χ1n) is 8.55. The van der Waals surface area contributed by atoms with Gasteiger partial charge in [-0.3, -0.25) is 4.79 Å². The van der Waals surface area contributed by atoms with E-state index in [0.29, 0.717) is 5.69 Å². The normalized spacial score (nSPS) is 19.7. The Hall–Kier alpha value is -2.43. The van der Waals surface area contributed by atoms with Crippen LogP contribution in [0, 0.1) is 5.82 Å². The third kappa shape index (κ3) is 2.64. The lowest BCUT2D eigenvalue weighted by atomic mass is 9.92. The number of halogens is 1. The van der Waals surface area contributed by atoms with Gasteiger partial charge in [0.25, 0.3) is 0 Å². The van der Waals surface area contributed by atoms with Gasteiger partial charge >= 0.3 is 0 Å². The number of hydrogen-bond acceptors (Lipinski definition) is 2. The molecule has 1 aromatic heterocycles. The Bertz CT molecular complexity index is 809. The maximum Gasteiger partial charge on any atom is 0.247 e. The summed E-state index contributed by atoms with van der Waals surface area (Å²) in [7, 11) is 0. The predicted octanol–water partition coefficient (Wildman–Crippen LogP) is 3.62. The number of carbonyl (C=O) groups excluding carboxylic acids is 1. The van der Waals surface area contributed by atoms with E-state index < -0.39 is 0 Å². The fourth-order valence-corrected chi connectivity index (χ4v) is 3.67. The largest absolute Gasteiger partial charge is 0.345 e. The number of para-hydroxylation sites is 1. The molecule has 2 aromatic rings. The van der Waals surface area contributed by atoms with E-state index in [0.717, 1.165) is 55.4 Å². The highest BCUT2D eigenvalue weighted by atomic mass is 19.1. The van der Waals surface area contributed by atoms with E-state index >= 15 is 0 Å². The van der Waals surface area contributed by atoms with Crippen LogP contribution in [-0.2, 0) is 11.2 Å². The number of carbonyl (C=O) groups is 1. The first-order valence-corrected chi connectivity index (χ1v) is 8.55. The van der Waals surface area contributed by atoms with Gasteiger partial charge in [0.2, 0.25) is 5.91 Å². The van der Waals surface area contributed by atoms with Gasteiger partial charge in [-0.05, 0) is 50.7 Å². The molecule has 1 heterocycles. The summed E-state index contributed by atoms with van der Waals surface area (Å²) in [6, 6.07) is 6.61. The highest BCUT2D eigenvalue weighted by molar-refractivity contribution is 5.94. The molecule has 0 aliphatic heterocycles. The molecule has 0 radical (unpaired) electrons. The molecule has 0 spiro atoms. The summed E-state index contributed by atoms with van der Waals surface area (Å²) in [5.74, 6) is -0.255. The Morgan fingerprint density at radius 3 is 2.92 bits per heavy atom. The van der Waals surface area contributed by atoms with Crippen molar-refractivity contribution in [1.29, 1.82) is 0 Å². The summed E-state index contributed by atoms with van der Waals surface area (Å²) in [6.45, 7) is 0. The highest BCUT2D eigenvalue weighted by Gasteiger charge is 2.27. The first-order chi connectivity index (χ1) is 11.7. The molecular formula is C19H20FN3O. The van der Waals surface area contributed by atoms with E-state index in [1.54, 1.807) is 29.1 Å². The molecule has 1 amide bonds. The molecule has 0 saturated heterocycles. The third-order valence-corrected chi connectivity index (χ3v) is 4.90. The van der Waals surface area contributed by atoms with Crippen LogP contribution in [0.15, 0.2) is 42.1 Å². The van der Waals surface area contributed by atoms with Crippen LogP contribution in [-0.4, -0.2) is 15.7 Å². The molecule has 0 saturated carbocycles. The molecule has 1 N–H and O–H groups in total. The van der Waals surface area contributed by atoms with E-state index in [4.69, 9.17) is 0 Å². The average Bonchev–Trinajstić information content (AvgIpc) is 3.26. The molecular weight excluding hydrogens is 305 g/mol. The SMILES string of the molecule is O=C(NC1CCCc2c1cnn2-c1ccccc1F)C1=CCCC1. The van der Waals surface area contributed by atoms with Crippen LogP contribution >= 0.6 is 0 Å². The van der Waals surface area contributed by atoms with E-state index in [1.807, 2.05) is 6.08 Å². The van der Waals surface area contributed by atoms with Gasteiger partial charge < -0.3 is 5.32 Å². The number of fused-ring (bicyclic) bond motifs is 1. The lowest BCUT2D eigenvalue weighted by Gasteiger charge is -2.24. The van der Waals surface area contributed by atoms with Crippen LogP contribution in [0.25, 0.3) is 5.69 Å². The summed E-state index contributed by atoms with van der Waals surface area (Å²) < 4.78 is 15.8. The Labute approximate surface area is 140 Å². The van der Waals surface area contributed by atoms with Crippen molar-refractivity contribution in [3.05, 3.63) is 59.2 Å².